The molecule has 3 atom stereocenters. The molecule has 1 aliphatic carbocycles. The molecule has 7 rings (SSSR count). The standard InChI is InChI=1S/C50H54NO7/c1-3-34-17-18-35-10-7-8-15-41(35)42(34)29-44-37(19-21-46(54)50(44)57-2)27-38(24-33-22-23-51-31-33)47(55)30-48(56)43(36-11-9-12-39(52)28-36)25-32-16-20-45(53)49(26-32)58-40-13-5-4-6-14-40/h7-12,15-23,26,28,31,38,40,43,47,52-55H,3-6,13-14,24-25,27,29-30H2,1-2H3/q-1. The normalized spacial score (nSPS) is 14.9. The summed E-state index contributed by atoms with van der Waals surface area (Å²) in [6.07, 6.45) is 10.2. The van der Waals surface area contributed by atoms with Crippen LogP contribution >= 0.6 is 0 Å². The summed E-state index contributed by atoms with van der Waals surface area (Å²) in [5.41, 5.74) is 6.52. The van der Waals surface area contributed by atoms with Gasteiger partial charge in [0.25, 0.3) is 0 Å². The van der Waals surface area contributed by atoms with E-state index in [4.69, 9.17) is 9.47 Å². The van der Waals surface area contributed by atoms with Gasteiger partial charge in [-0.2, -0.15) is 12.4 Å². The molecule has 0 radical (unpaired) electrons. The van der Waals surface area contributed by atoms with Crippen molar-refractivity contribution < 1.29 is 34.7 Å². The highest BCUT2D eigenvalue weighted by molar-refractivity contribution is 5.88. The monoisotopic (exact) mass is 780 g/mol. The minimum atomic E-state index is -1.04. The van der Waals surface area contributed by atoms with Gasteiger partial charge < -0.3 is 34.9 Å². The molecule has 8 nitrogen and oxygen atoms in total. The van der Waals surface area contributed by atoms with Crippen molar-refractivity contribution in [1.82, 2.24) is 4.98 Å². The Hall–Kier alpha value is -5.73. The highest BCUT2D eigenvalue weighted by atomic mass is 16.5. The van der Waals surface area contributed by atoms with Crippen molar-refractivity contribution >= 4 is 16.6 Å². The number of methoxy groups -OCH3 is 1. The molecule has 58 heavy (non-hydrogen) atoms. The SMILES string of the molecule is CCc1ccc2ccccc2c1Cc1c(CC(Cc2cc[n-]c2)C(O)CC(=O)C(Cc2ccc(O)c(OC3CCCCC3)c2)c2cccc(O)c2)ccc(O)c1OC. The van der Waals surface area contributed by atoms with Crippen LogP contribution in [0.25, 0.3) is 10.8 Å². The van der Waals surface area contributed by atoms with Crippen LogP contribution in [0.2, 0.25) is 0 Å². The van der Waals surface area contributed by atoms with Crippen LogP contribution in [-0.4, -0.2) is 45.5 Å². The molecule has 0 amide bonds. The van der Waals surface area contributed by atoms with Crippen molar-refractivity contribution in [2.75, 3.05) is 7.11 Å². The quantitative estimate of drug-likeness (QED) is 0.0721. The Kier molecular flexibility index (Phi) is 13.0. The number of phenols is 3. The number of carbonyl (C=O) groups is 1. The van der Waals surface area contributed by atoms with Gasteiger partial charge in [0.2, 0.25) is 0 Å². The lowest BCUT2D eigenvalue weighted by atomic mass is 9.80. The van der Waals surface area contributed by atoms with Crippen molar-refractivity contribution in [2.45, 2.75) is 95.7 Å². The lowest BCUT2D eigenvalue weighted by Gasteiger charge is -2.27. The Balaban J connectivity index is 1.19. The first-order valence-electron chi connectivity index (χ1n) is 20.6. The lowest BCUT2D eigenvalue weighted by molar-refractivity contribution is -0.123. The lowest BCUT2D eigenvalue weighted by Crippen LogP contribution is -2.30. The number of aliphatic hydroxyl groups excluding tert-OH is 1. The number of benzene rings is 5. The Bertz CT molecular complexity index is 2310. The van der Waals surface area contributed by atoms with E-state index >= 15 is 0 Å². The summed E-state index contributed by atoms with van der Waals surface area (Å²) in [5.74, 6) is -0.282. The third-order valence-electron chi connectivity index (χ3n) is 11.9. The highest BCUT2D eigenvalue weighted by Crippen LogP contribution is 2.39. The molecule has 1 heterocycles. The number of aliphatic hydroxyl groups is 1. The first kappa shape index (κ1) is 40.5. The van der Waals surface area contributed by atoms with Gasteiger partial charge in [-0.05, 0) is 126 Å². The number of phenolic OH excluding ortho intramolecular Hbond substituents is 3. The number of hydrogen-bond donors (Lipinski definition) is 4. The molecule has 0 aliphatic heterocycles. The van der Waals surface area contributed by atoms with E-state index < -0.39 is 17.9 Å². The number of ketones is 1. The molecule has 8 heteroatoms. The zero-order valence-electron chi connectivity index (χ0n) is 33.4. The Morgan fingerprint density at radius 2 is 1.59 bits per heavy atom. The summed E-state index contributed by atoms with van der Waals surface area (Å²) in [6.45, 7) is 2.14. The van der Waals surface area contributed by atoms with Gasteiger partial charge in [0.15, 0.2) is 23.0 Å². The summed E-state index contributed by atoms with van der Waals surface area (Å²) in [5, 5.41) is 46.7. The average Bonchev–Trinajstić information content (AvgIpc) is 3.75. The highest BCUT2D eigenvalue weighted by Gasteiger charge is 2.30. The molecule has 4 N–H and O–H groups in total. The maximum atomic E-state index is 14.6. The van der Waals surface area contributed by atoms with Crippen LogP contribution in [0.1, 0.15) is 90.3 Å². The summed E-state index contributed by atoms with van der Waals surface area (Å²) >= 11 is 0. The second kappa shape index (κ2) is 18.7. The number of hydrogen-bond acceptors (Lipinski definition) is 7. The number of nitrogens with zero attached hydrogens (tertiary/aromatic N) is 1. The van der Waals surface area contributed by atoms with Crippen molar-refractivity contribution in [1.29, 1.82) is 0 Å². The Morgan fingerprint density at radius 3 is 2.34 bits per heavy atom. The van der Waals surface area contributed by atoms with Gasteiger partial charge in [-0.1, -0.05) is 85.6 Å². The molecule has 0 spiro atoms. The number of ether oxygens (including phenoxy) is 2. The van der Waals surface area contributed by atoms with Gasteiger partial charge in [-0.3, -0.25) is 4.79 Å². The molecule has 1 aliphatic rings. The number of aromatic hydroxyl groups is 3. The van der Waals surface area contributed by atoms with Gasteiger partial charge >= 0.3 is 0 Å². The predicted molar refractivity (Wildman–Crippen MR) is 227 cm³/mol. The van der Waals surface area contributed by atoms with E-state index in [-0.39, 0.29) is 42.0 Å². The largest absolute Gasteiger partial charge is 0.670 e. The molecular formula is C50H54NO7-. The average molecular weight is 781 g/mol. The number of Topliss-reactive ketones (excluding diaryl/α,β-unsaturated/α-hetero) is 1. The van der Waals surface area contributed by atoms with Crippen molar-refractivity contribution in [2.24, 2.45) is 5.92 Å². The second-order valence-corrected chi connectivity index (χ2v) is 15.8. The van der Waals surface area contributed by atoms with Crippen molar-refractivity contribution in [3.63, 3.8) is 0 Å². The number of aromatic nitrogens is 1. The maximum Gasteiger partial charge on any atom is 0.164 e. The zero-order chi connectivity index (χ0) is 40.6. The van der Waals surface area contributed by atoms with Gasteiger partial charge in [-0.15, -0.1) is 0 Å². The molecule has 0 saturated heterocycles. The number of rotatable bonds is 17. The minimum Gasteiger partial charge on any atom is -0.670 e. The van der Waals surface area contributed by atoms with E-state index in [2.05, 4.69) is 36.2 Å². The van der Waals surface area contributed by atoms with E-state index in [1.165, 1.54) is 12.0 Å². The fourth-order valence-corrected chi connectivity index (χ4v) is 8.79. The van der Waals surface area contributed by atoms with Crippen LogP contribution in [0.4, 0.5) is 0 Å². The van der Waals surface area contributed by atoms with Crippen molar-refractivity contribution in [3.05, 3.63) is 148 Å². The van der Waals surface area contributed by atoms with Crippen molar-refractivity contribution in [3.8, 4) is 28.7 Å². The summed E-state index contributed by atoms with van der Waals surface area (Å²) in [7, 11) is 1.56. The summed E-state index contributed by atoms with van der Waals surface area (Å²) in [4.78, 5) is 18.8. The Morgan fingerprint density at radius 1 is 0.793 bits per heavy atom. The van der Waals surface area contributed by atoms with Gasteiger partial charge in [0, 0.05) is 24.3 Å². The van der Waals surface area contributed by atoms with Crippen LogP contribution in [0.15, 0.2) is 109 Å². The molecule has 3 unspecified atom stereocenters. The predicted octanol–water partition coefficient (Wildman–Crippen LogP) is 9.54. The first-order chi connectivity index (χ1) is 28.2. The van der Waals surface area contributed by atoms with Crippen LogP contribution in [0.5, 0.6) is 28.7 Å². The van der Waals surface area contributed by atoms with Crippen LogP contribution in [0, 0.1) is 5.92 Å². The van der Waals surface area contributed by atoms with E-state index in [0.29, 0.717) is 36.3 Å². The molecule has 1 fully saturated rings. The summed E-state index contributed by atoms with van der Waals surface area (Å²) in [6, 6.07) is 30.0. The number of fused-ring (bicyclic) bond motifs is 1. The molecule has 0 bridgehead atoms. The number of aryl methyl sites for hydroxylation is 1. The van der Waals surface area contributed by atoms with Crippen LogP contribution in [-0.2, 0) is 36.9 Å². The van der Waals surface area contributed by atoms with E-state index in [9.17, 15) is 25.2 Å². The van der Waals surface area contributed by atoms with E-state index in [1.54, 1.807) is 55.9 Å². The number of carbonyl (C=O) groups excluding carboxylic acids is 1. The first-order valence-corrected chi connectivity index (χ1v) is 20.6. The smallest absolute Gasteiger partial charge is 0.164 e. The minimum absolute atomic E-state index is 0.0397. The molecule has 6 aromatic rings. The molecular weight excluding hydrogens is 727 g/mol. The van der Waals surface area contributed by atoms with Crippen LogP contribution in [0.3, 0.4) is 0 Å². The fraction of sp³-hybridized carbons (Fsp3) is 0.340. The van der Waals surface area contributed by atoms with E-state index in [1.807, 2.05) is 36.4 Å². The Labute approximate surface area is 341 Å². The molecule has 302 valence electrons. The fourth-order valence-electron chi connectivity index (χ4n) is 8.79. The van der Waals surface area contributed by atoms with Gasteiger partial charge in [0.05, 0.1) is 19.3 Å². The van der Waals surface area contributed by atoms with Gasteiger partial charge in [0.1, 0.15) is 11.5 Å². The van der Waals surface area contributed by atoms with Gasteiger partial charge in [-0.25, -0.2) is 0 Å². The molecule has 1 aromatic heterocycles. The third-order valence-corrected chi connectivity index (χ3v) is 11.9. The maximum absolute atomic E-state index is 14.6. The zero-order valence-corrected chi connectivity index (χ0v) is 33.4. The topological polar surface area (TPSA) is 131 Å². The summed E-state index contributed by atoms with van der Waals surface area (Å²) < 4.78 is 12.1. The molecule has 1 saturated carbocycles. The third kappa shape index (κ3) is 9.51. The van der Waals surface area contributed by atoms with E-state index in [0.717, 1.165) is 70.7 Å². The van der Waals surface area contributed by atoms with Crippen LogP contribution < -0.4 is 14.5 Å². The molecule has 5 aromatic carbocycles. The second-order valence-electron chi connectivity index (χ2n) is 15.8.